The van der Waals surface area contributed by atoms with Gasteiger partial charge >= 0.3 is 23.2 Å². The Morgan fingerprint density at radius 2 is 1.47 bits per heavy atom. The van der Waals surface area contributed by atoms with E-state index in [1.807, 2.05) is 0 Å². The molecule has 0 aliphatic carbocycles. The van der Waals surface area contributed by atoms with Crippen molar-refractivity contribution in [2.45, 2.75) is 17.2 Å². The predicted molar refractivity (Wildman–Crippen MR) is 37.5 cm³/mol. The Balaban J connectivity index is 5.38. The molecule has 0 aliphatic heterocycles. The molecular formula is C6H3ClF6O2. The van der Waals surface area contributed by atoms with Crippen molar-refractivity contribution in [2.24, 2.45) is 0 Å². The second-order valence-electron chi connectivity index (χ2n) is 2.43. The second kappa shape index (κ2) is 3.58. The van der Waals surface area contributed by atoms with Gasteiger partial charge in [-0.3, -0.25) is 0 Å². The predicted octanol–water partition coefficient (Wildman–Crippen LogP) is 2.73. The largest absolute Gasteiger partial charge is 0.478 e. The van der Waals surface area contributed by atoms with Gasteiger partial charge in [0.05, 0.1) is 0 Å². The Morgan fingerprint density at radius 3 is 1.67 bits per heavy atom. The van der Waals surface area contributed by atoms with Crippen molar-refractivity contribution in [3.63, 3.8) is 0 Å². The Hall–Kier alpha value is -0.920. The zero-order valence-corrected chi connectivity index (χ0v) is 7.46. The molecule has 2 nitrogen and oxygen atoms in total. The summed E-state index contributed by atoms with van der Waals surface area (Å²) in [7, 11) is 0. The monoisotopic (exact) mass is 256 g/mol. The summed E-state index contributed by atoms with van der Waals surface area (Å²) in [5.74, 6) is -14.2. The zero-order valence-electron chi connectivity index (χ0n) is 6.71. The van der Waals surface area contributed by atoms with Gasteiger partial charge in [0, 0.05) is 0 Å². The number of alkyl halides is 7. The lowest BCUT2D eigenvalue weighted by Crippen LogP contribution is -2.53. The lowest BCUT2D eigenvalue weighted by Gasteiger charge is -2.28. The Morgan fingerprint density at radius 1 is 1.13 bits per heavy atom. The summed E-state index contributed by atoms with van der Waals surface area (Å²) in [6.45, 7) is 2.08. The van der Waals surface area contributed by atoms with E-state index in [1.54, 1.807) is 0 Å². The first-order valence-electron chi connectivity index (χ1n) is 3.10. The molecule has 0 saturated heterocycles. The minimum atomic E-state index is -6.04. The first-order chi connectivity index (χ1) is 6.35. The number of hydrogen-bond donors (Lipinski definition) is 1. The van der Waals surface area contributed by atoms with Crippen LogP contribution in [0.2, 0.25) is 0 Å². The SMILES string of the molecule is C=C(C(=O)O)C(F)(F)C(F)(F)C(F)(F)Cl. The summed E-state index contributed by atoms with van der Waals surface area (Å²) in [5, 5.41) is 2.36. The summed E-state index contributed by atoms with van der Waals surface area (Å²) in [6, 6.07) is 0. The Bertz CT molecular complexity index is 294. The maximum atomic E-state index is 12.5. The van der Waals surface area contributed by atoms with Gasteiger partial charge < -0.3 is 5.11 Å². The van der Waals surface area contributed by atoms with Gasteiger partial charge in [-0.25, -0.2) is 4.79 Å². The molecule has 0 heterocycles. The van der Waals surface area contributed by atoms with Gasteiger partial charge in [0.2, 0.25) is 0 Å². The van der Waals surface area contributed by atoms with Gasteiger partial charge in [-0.1, -0.05) is 6.58 Å². The minimum absolute atomic E-state index is 2.08. The van der Waals surface area contributed by atoms with Crippen molar-refractivity contribution < 1.29 is 36.2 Å². The van der Waals surface area contributed by atoms with E-state index in [1.165, 1.54) is 0 Å². The van der Waals surface area contributed by atoms with Crippen LogP contribution in [0.15, 0.2) is 12.2 Å². The van der Waals surface area contributed by atoms with Crippen LogP contribution in [0.5, 0.6) is 0 Å². The smallest absolute Gasteiger partial charge is 0.391 e. The van der Waals surface area contributed by atoms with Gasteiger partial charge in [0.1, 0.15) is 5.57 Å². The molecule has 0 saturated carbocycles. The van der Waals surface area contributed by atoms with Gasteiger partial charge in [0.25, 0.3) is 0 Å². The van der Waals surface area contributed by atoms with Crippen LogP contribution in [0.3, 0.4) is 0 Å². The first-order valence-corrected chi connectivity index (χ1v) is 3.48. The third-order valence-corrected chi connectivity index (χ3v) is 1.62. The van der Waals surface area contributed by atoms with Crippen LogP contribution in [0.4, 0.5) is 26.3 Å². The van der Waals surface area contributed by atoms with Gasteiger partial charge in [-0.15, -0.1) is 0 Å². The molecule has 0 aromatic heterocycles. The number of aliphatic carboxylic acids is 1. The summed E-state index contributed by atoms with van der Waals surface area (Å²) >= 11 is 3.76. The van der Waals surface area contributed by atoms with E-state index in [4.69, 9.17) is 5.11 Å². The molecule has 0 spiro atoms. The minimum Gasteiger partial charge on any atom is -0.478 e. The lowest BCUT2D eigenvalue weighted by molar-refractivity contribution is -0.264. The zero-order chi connectivity index (χ0) is 12.7. The van der Waals surface area contributed by atoms with E-state index in [9.17, 15) is 31.1 Å². The quantitative estimate of drug-likeness (QED) is 0.477. The van der Waals surface area contributed by atoms with Gasteiger partial charge in [0.15, 0.2) is 0 Å². The third-order valence-electron chi connectivity index (χ3n) is 1.39. The van der Waals surface area contributed by atoms with E-state index in [0.717, 1.165) is 0 Å². The third kappa shape index (κ3) is 2.19. The highest BCUT2D eigenvalue weighted by Gasteiger charge is 2.73. The van der Waals surface area contributed by atoms with Crippen LogP contribution >= 0.6 is 11.6 Å². The summed E-state index contributed by atoms with van der Waals surface area (Å²) < 4.78 is 73.7. The van der Waals surface area contributed by atoms with Crippen molar-refractivity contribution in [1.29, 1.82) is 0 Å². The molecule has 0 rings (SSSR count). The maximum absolute atomic E-state index is 12.5. The maximum Gasteiger partial charge on any atom is 0.391 e. The number of hydrogen-bond acceptors (Lipinski definition) is 1. The average molecular weight is 257 g/mol. The number of carboxylic acid groups (broad SMARTS) is 1. The van der Waals surface area contributed by atoms with Crippen molar-refractivity contribution in [1.82, 2.24) is 0 Å². The number of rotatable bonds is 4. The van der Waals surface area contributed by atoms with Gasteiger partial charge in [-0.2, -0.15) is 26.3 Å². The standard InChI is InChI=1S/C6H3ClF6O2/c1-2(3(14)15)4(8,9)5(10,11)6(7,12)13/h1H2,(H,14,15). The van der Waals surface area contributed by atoms with Crippen LogP contribution in [-0.2, 0) is 4.79 Å². The molecule has 0 atom stereocenters. The highest BCUT2D eigenvalue weighted by molar-refractivity contribution is 6.22. The van der Waals surface area contributed by atoms with Gasteiger partial charge in [-0.05, 0) is 11.6 Å². The number of carbonyl (C=O) groups is 1. The van der Waals surface area contributed by atoms with E-state index in [-0.39, 0.29) is 0 Å². The van der Waals surface area contributed by atoms with Crippen LogP contribution in [-0.4, -0.2) is 28.3 Å². The van der Waals surface area contributed by atoms with E-state index < -0.39 is 28.8 Å². The summed E-state index contributed by atoms with van der Waals surface area (Å²) in [6.07, 6.45) is 0. The fourth-order valence-corrected chi connectivity index (χ4v) is 0.620. The van der Waals surface area contributed by atoms with Crippen LogP contribution in [0.25, 0.3) is 0 Å². The molecule has 0 unspecified atom stereocenters. The van der Waals surface area contributed by atoms with E-state index in [0.29, 0.717) is 0 Å². The molecule has 0 bridgehead atoms. The Labute approximate surface area is 84.1 Å². The molecule has 15 heavy (non-hydrogen) atoms. The molecule has 9 heteroatoms. The Kier molecular flexibility index (Phi) is 3.36. The average Bonchev–Trinajstić information content (AvgIpc) is 2.00. The van der Waals surface area contributed by atoms with Crippen LogP contribution in [0, 0.1) is 0 Å². The summed E-state index contributed by atoms with van der Waals surface area (Å²) in [5.41, 5.74) is -2.37. The van der Waals surface area contributed by atoms with Crippen molar-refractivity contribution in [2.75, 3.05) is 0 Å². The van der Waals surface area contributed by atoms with E-state index in [2.05, 4.69) is 18.2 Å². The molecule has 1 N–H and O–H groups in total. The second-order valence-corrected chi connectivity index (χ2v) is 2.90. The molecule has 0 amide bonds. The van der Waals surface area contributed by atoms with Crippen molar-refractivity contribution in [3.05, 3.63) is 12.2 Å². The number of halogens is 7. The van der Waals surface area contributed by atoms with Crippen LogP contribution < -0.4 is 0 Å². The molecule has 0 radical (unpaired) electrons. The molecule has 0 fully saturated rings. The fourth-order valence-electron chi connectivity index (χ4n) is 0.502. The molecule has 88 valence electrons. The first kappa shape index (κ1) is 14.1. The topological polar surface area (TPSA) is 37.3 Å². The normalized spacial score (nSPS) is 13.8. The summed E-state index contributed by atoms with van der Waals surface area (Å²) in [4.78, 5) is 9.92. The van der Waals surface area contributed by atoms with Crippen molar-refractivity contribution in [3.8, 4) is 0 Å². The number of carboxylic acids is 1. The molecular weight excluding hydrogens is 254 g/mol. The van der Waals surface area contributed by atoms with Crippen LogP contribution in [0.1, 0.15) is 0 Å². The van der Waals surface area contributed by atoms with E-state index >= 15 is 0 Å². The van der Waals surface area contributed by atoms with Crippen molar-refractivity contribution >= 4 is 17.6 Å². The lowest BCUT2D eigenvalue weighted by atomic mass is 10.0. The molecule has 0 aromatic carbocycles. The fraction of sp³-hybridized carbons (Fsp3) is 0.500. The molecule has 0 aromatic rings. The highest BCUT2D eigenvalue weighted by atomic mass is 35.5. The highest BCUT2D eigenvalue weighted by Crippen LogP contribution is 2.50. The molecule has 0 aliphatic rings.